The van der Waals surface area contributed by atoms with Crippen molar-refractivity contribution in [2.75, 3.05) is 12.4 Å². The van der Waals surface area contributed by atoms with E-state index in [4.69, 9.17) is 9.47 Å². The van der Waals surface area contributed by atoms with E-state index >= 15 is 0 Å². The van der Waals surface area contributed by atoms with Crippen LogP contribution in [0.4, 0.5) is 15.3 Å². The summed E-state index contributed by atoms with van der Waals surface area (Å²) >= 11 is 1.88. The lowest BCUT2D eigenvalue weighted by Crippen LogP contribution is -2.36. The molecule has 0 radical (unpaired) electrons. The van der Waals surface area contributed by atoms with E-state index < -0.39 is 11.1 Å². The van der Waals surface area contributed by atoms with E-state index in [9.17, 15) is 19.7 Å². The Hall–Kier alpha value is -2.49. The average Bonchev–Trinajstić information content (AvgIpc) is 3.18. The van der Waals surface area contributed by atoms with E-state index in [-0.39, 0.29) is 36.2 Å². The fraction of sp³-hybridized carbons (Fsp3) is 0.529. The standard InChI is InChI=1S/C17H21N3O6S/c21-16-18-13-10-27-14(15(13)19-16)4-2-1-3-9-25-17(22)26-12-7-5-11(6-8-12)20(23)24/h5-8,13-15H,1-4,9-10H2,(H2,18,19,21)/t13-,14-,15-/m0/s1. The van der Waals surface area contributed by atoms with Gasteiger partial charge in [-0.3, -0.25) is 10.1 Å². The maximum absolute atomic E-state index is 11.6. The summed E-state index contributed by atoms with van der Waals surface area (Å²) in [5.74, 6) is 1.15. The highest BCUT2D eigenvalue weighted by Gasteiger charge is 2.42. The second-order valence-corrected chi connectivity index (χ2v) is 7.69. The predicted molar refractivity (Wildman–Crippen MR) is 99.0 cm³/mol. The van der Waals surface area contributed by atoms with Crippen molar-refractivity contribution in [3.8, 4) is 5.75 Å². The number of hydrogen-bond donors (Lipinski definition) is 2. The van der Waals surface area contributed by atoms with E-state index in [1.54, 1.807) is 0 Å². The van der Waals surface area contributed by atoms with Gasteiger partial charge in [0, 0.05) is 23.1 Å². The van der Waals surface area contributed by atoms with Gasteiger partial charge in [-0.2, -0.15) is 11.8 Å². The maximum Gasteiger partial charge on any atom is 0.513 e. The molecule has 3 rings (SSSR count). The molecule has 2 saturated heterocycles. The Morgan fingerprint density at radius 3 is 2.74 bits per heavy atom. The van der Waals surface area contributed by atoms with Gasteiger partial charge >= 0.3 is 12.2 Å². The summed E-state index contributed by atoms with van der Waals surface area (Å²) in [6.45, 7) is 0.258. The molecule has 2 N–H and O–H groups in total. The molecule has 146 valence electrons. The maximum atomic E-state index is 11.6. The minimum atomic E-state index is -0.821. The molecule has 0 saturated carbocycles. The molecule has 0 aromatic heterocycles. The number of nitrogens with one attached hydrogen (secondary N) is 2. The van der Waals surface area contributed by atoms with Crippen LogP contribution in [0.3, 0.4) is 0 Å². The third-order valence-electron chi connectivity index (χ3n) is 4.54. The number of unbranched alkanes of at least 4 members (excludes halogenated alkanes) is 2. The minimum Gasteiger partial charge on any atom is -0.434 e. The first-order chi connectivity index (χ1) is 13.0. The van der Waals surface area contributed by atoms with Crippen LogP contribution in [-0.2, 0) is 4.74 Å². The van der Waals surface area contributed by atoms with E-state index in [2.05, 4.69) is 10.6 Å². The summed E-state index contributed by atoms with van der Waals surface area (Å²) in [7, 11) is 0. The van der Waals surface area contributed by atoms with E-state index in [0.717, 1.165) is 31.4 Å². The number of fused-ring (bicyclic) bond motifs is 1. The Balaban J connectivity index is 1.26. The number of amides is 2. The summed E-state index contributed by atoms with van der Waals surface area (Å²) in [4.78, 5) is 33.0. The molecule has 2 amide bonds. The predicted octanol–water partition coefficient (Wildman–Crippen LogP) is 2.84. The number of rotatable bonds is 8. The summed E-state index contributed by atoms with van der Waals surface area (Å²) in [5.41, 5.74) is -0.0737. The van der Waals surface area contributed by atoms with Crippen molar-refractivity contribution < 1.29 is 24.0 Å². The van der Waals surface area contributed by atoms with Gasteiger partial charge in [-0.1, -0.05) is 12.8 Å². The largest absolute Gasteiger partial charge is 0.513 e. The molecule has 1 aromatic rings. The van der Waals surface area contributed by atoms with E-state index in [1.165, 1.54) is 24.3 Å². The minimum absolute atomic E-state index is 0.0737. The molecule has 2 fully saturated rings. The van der Waals surface area contributed by atoms with Gasteiger partial charge < -0.3 is 20.1 Å². The van der Waals surface area contributed by atoms with Crippen LogP contribution in [0, 0.1) is 10.1 Å². The monoisotopic (exact) mass is 395 g/mol. The number of nitro benzene ring substituents is 1. The van der Waals surface area contributed by atoms with E-state index in [1.807, 2.05) is 11.8 Å². The summed E-state index contributed by atoms with van der Waals surface area (Å²) in [5, 5.41) is 16.9. The highest BCUT2D eigenvalue weighted by Crippen LogP contribution is 2.33. The van der Waals surface area contributed by atoms with Crippen LogP contribution in [0.2, 0.25) is 0 Å². The van der Waals surface area contributed by atoms with Crippen LogP contribution < -0.4 is 15.4 Å². The SMILES string of the molecule is O=C1N[C@H]2[C@H](CS[C@H]2CCCCCOC(=O)Oc2ccc([N+](=O)[O-])cc2)N1. The van der Waals surface area contributed by atoms with Crippen LogP contribution in [-0.4, -0.2) is 46.8 Å². The zero-order valence-electron chi connectivity index (χ0n) is 14.6. The number of nitro groups is 1. The summed E-state index contributed by atoms with van der Waals surface area (Å²) < 4.78 is 9.97. The summed E-state index contributed by atoms with van der Waals surface area (Å²) in [6.07, 6.45) is 2.84. The number of ether oxygens (including phenoxy) is 2. The Morgan fingerprint density at radius 2 is 2.00 bits per heavy atom. The lowest BCUT2D eigenvalue weighted by Gasteiger charge is -2.16. The number of non-ortho nitro benzene ring substituents is 1. The number of thioether (sulfide) groups is 1. The molecule has 2 aliphatic rings. The number of nitrogens with zero attached hydrogens (tertiary/aromatic N) is 1. The fourth-order valence-corrected chi connectivity index (χ4v) is 4.73. The molecule has 27 heavy (non-hydrogen) atoms. The van der Waals surface area contributed by atoms with Gasteiger partial charge in [0.15, 0.2) is 0 Å². The molecule has 10 heteroatoms. The Labute approximate surface area is 160 Å². The molecule has 1 aromatic carbocycles. The van der Waals surface area contributed by atoms with Crippen LogP contribution in [0.1, 0.15) is 25.7 Å². The second kappa shape index (κ2) is 8.94. The Morgan fingerprint density at radius 1 is 1.22 bits per heavy atom. The van der Waals surface area contributed by atoms with Crippen LogP contribution >= 0.6 is 11.8 Å². The molecular weight excluding hydrogens is 374 g/mol. The van der Waals surface area contributed by atoms with Gasteiger partial charge in [0.25, 0.3) is 5.69 Å². The van der Waals surface area contributed by atoms with Crippen molar-refractivity contribution >= 4 is 29.6 Å². The molecular formula is C17H21N3O6S. The number of carbonyl (C=O) groups is 2. The second-order valence-electron chi connectivity index (χ2n) is 6.42. The van der Waals surface area contributed by atoms with Crippen molar-refractivity contribution in [2.45, 2.75) is 43.0 Å². The number of urea groups is 1. The van der Waals surface area contributed by atoms with Crippen LogP contribution in [0.15, 0.2) is 24.3 Å². The van der Waals surface area contributed by atoms with Crippen LogP contribution in [0.25, 0.3) is 0 Å². The molecule has 0 unspecified atom stereocenters. The highest BCUT2D eigenvalue weighted by molar-refractivity contribution is 8.00. The van der Waals surface area contributed by atoms with Gasteiger partial charge in [0.2, 0.25) is 0 Å². The third-order valence-corrected chi connectivity index (χ3v) is 6.05. The molecule has 9 nitrogen and oxygen atoms in total. The lowest BCUT2D eigenvalue weighted by atomic mass is 10.0. The highest BCUT2D eigenvalue weighted by atomic mass is 32.2. The molecule has 0 spiro atoms. The normalized spacial score (nSPS) is 23.3. The fourth-order valence-electron chi connectivity index (χ4n) is 3.18. The zero-order valence-corrected chi connectivity index (χ0v) is 15.4. The first-order valence-electron chi connectivity index (χ1n) is 8.80. The van der Waals surface area contributed by atoms with Crippen molar-refractivity contribution in [2.24, 2.45) is 0 Å². The van der Waals surface area contributed by atoms with Crippen molar-refractivity contribution in [3.63, 3.8) is 0 Å². The number of carbonyl (C=O) groups excluding carboxylic acids is 2. The Bertz CT molecular complexity index is 698. The van der Waals surface area contributed by atoms with E-state index in [0.29, 0.717) is 5.25 Å². The number of benzene rings is 1. The van der Waals surface area contributed by atoms with Gasteiger partial charge in [0.1, 0.15) is 5.75 Å². The number of hydrogen-bond acceptors (Lipinski definition) is 7. The first kappa shape index (κ1) is 19.3. The molecule has 2 aliphatic heterocycles. The smallest absolute Gasteiger partial charge is 0.434 e. The van der Waals surface area contributed by atoms with Crippen molar-refractivity contribution in [3.05, 3.63) is 34.4 Å². The van der Waals surface area contributed by atoms with Gasteiger partial charge in [-0.05, 0) is 25.0 Å². The zero-order chi connectivity index (χ0) is 19.2. The average molecular weight is 395 g/mol. The molecule has 2 heterocycles. The van der Waals surface area contributed by atoms with Crippen LogP contribution in [0.5, 0.6) is 5.75 Å². The topological polar surface area (TPSA) is 120 Å². The quantitative estimate of drug-likeness (QED) is 0.173. The van der Waals surface area contributed by atoms with Gasteiger partial charge in [-0.15, -0.1) is 0 Å². The van der Waals surface area contributed by atoms with Gasteiger partial charge in [0.05, 0.1) is 23.6 Å². The molecule has 0 bridgehead atoms. The summed E-state index contributed by atoms with van der Waals surface area (Å²) in [6, 6.07) is 5.61. The lowest BCUT2D eigenvalue weighted by molar-refractivity contribution is -0.384. The molecule has 3 atom stereocenters. The molecule has 0 aliphatic carbocycles. The van der Waals surface area contributed by atoms with Gasteiger partial charge in [-0.25, -0.2) is 9.59 Å². The third kappa shape index (κ3) is 5.25. The first-order valence-corrected chi connectivity index (χ1v) is 9.85. The van der Waals surface area contributed by atoms with Crippen molar-refractivity contribution in [1.82, 2.24) is 10.6 Å². The Kier molecular flexibility index (Phi) is 6.38. The van der Waals surface area contributed by atoms with Crippen molar-refractivity contribution in [1.29, 1.82) is 0 Å².